The molecular weight excluding hydrogens is 302 g/mol. The molecule has 0 bridgehead atoms. The molecule has 0 saturated carbocycles. The van der Waals surface area contributed by atoms with E-state index in [1.54, 1.807) is 12.1 Å². The minimum atomic E-state index is -0.720. The van der Waals surface area contributed by atoms with E-state index in [0.29, 0.717) is 11.1 Å². The third-order valence-electron chi connectivity index (χ3n) is 2.74. The SMILES string of the molecule is CNC(=O)CNC(=O)COC(=O)/C=C/c1nc2ccccc2o1. The number of amides is 2. The first-order chi connectivity index (χ1) is 11.1. The molecule has 2 rings (SSSR count). The highest BCUT2D eigenvalue weighted by atomic mass is 16.5. The third-order valence-corrected chi connectivity index (χ3v) is 2.74. The fourth-order valence-corrected chi connectivity index (χ4v) is 1.60. The number of rotatable bonds is 6. The van der Waals surface area contributed by atoms with E-state index < -0.39 is 18.5 Å². The van der Waals surface area contributed by atoms with Crippen LogP contribution in [-0.2, 0) is 19.1 Å². The Morgan fingerprint density at radius 1 is 1.26 bits per heavy atom. The van der Waals surface area contributed by atoms with Crippen LogP contribution in [0.5, 0.6) is 0 Å². The van der Waals surface area contributed by atoms with Gasteiger partial charge in [-0.1, -0.05) is 12.1 Å². The van der Waals surface area contributed by atoms with Gasteiger partial charge in [-0.25, -0.2) is 9.78 Å². The highest BCUT2D eigenvalue weighted by Crippen LogP contribution is 2.15. The lowest BCUT2D eigenvalue weighted by molar-refractivity contribution is -0.143. The second-order valence-corrected chi connectivity index (χ2v) is 4.41. The van der Waals surface area contributed by atoms with Gasteiger partial charge in [-0.05, 0) is 12.1 Å². The highest BCUT2D eigenvalue weighted by Gasteiger charge is 2.07. The minimum absolute atomic E-state index is 0.175. The van der Waals surface area contributed by atoms with Crippen LogP contribution < -0.4 is 10.6 Å². The van der Waals surface area contributed by atoms with Crippen molar-refractivity contribution >= 4 is 35.0 Å². The molecule has 0 saturated heterocycles. The summed E-state index contributed by atoms with van der Waals surface area (Å²) in [7, 11) is 1.45. The van der Waals surface area contributed by atoms with Crippen LogP contribution >= 0.6 is 0 Å². The van der Waals surface area contributed by atoms with Gasteiger partial charge in [0.15, 0.2) is 12.2 Å². The first-order valence-corrected chi connectivity index (χ1v) is 6.76. The summed E-state index contributed by atoms with van der Waals surface area (Å²) in [5.74, 6) is -1.38. The maximum absolute atomic E-state index is 11.5. The molecule has 0 atom stereocenters. The van der Waals surface area contributed by atoms with Gasteiger partial charge in [-0.15, -0.1) is 0 Å². The van der Waals surface area contributed by atoms with E-state index in [0.717, 1.165) is 6.08 Å². The molecule has 0 radical (unpaired) electrons. The molecular formula is C15H15N3O5. The summed E-state index contributed by atoms with van der Waals surface area (Å²) in [5.41, 5.74) is 1.28. The predicted molar refractivity (Wildman–Crippen MR) is 81.1 cm³/mol. The summed E-state index contributed by atoms with van der Waals surface area (Å²) in [6.07, 6.45) is 2.46. The topological polar surface area (TPSA) is 111 Å². The maximum atomic E-state index is 11.5. The van der Waals surface area contributed by atoms with Crippen LogP contribution in [0, 0.1) is 0 Å². The van der Waals surface area contributed by atoms with Gasteiger partial charge in [0.2, 0.25) is 11.8 Å². The molecule has 8 heteroatoms. The van der Waals surface area contributed by atoms with Gasteiger partial charge in [-0.2, -0.15) is 0 Å². The number of aromatic nitrogens is 1. The zero-order valence-corrected chi connectivity index (χ0v) is 12.4. The number of nitrogens with zero attached hydrogens (tertiary/aromatic N) is 1. The zero-order chi connectivity index (χ0) is 16.7. The van der Waals surface area contributed by atoms with Gasteiger partial charge in [0.1, 0.15) is 5.52 Å². The molecule has 1 heterocycles. The molecule has 2 amide bonds. The van der Waals surface area contributed by atoms with Crippen molar-refractivity contribution in [3.8, 4) is 0 Å². The van der Waals surface area contributed by atoms with Gasteiger partial charge in [-0.3, -0.25) is 9.59 Å². The fourth-order valence-electron chi connectivity index (χ4n) is 1.60. The summed E-state index contributed by atoms with van der Waals surface area (Å²) >= 11 is 0. The Labute approximate surface area is 131 Å². The Bertz CT molecular complexity index is 717. The standard InChI is InChI=1S/C15H15N3O5/c1-16-12(19)8-17-13(20)9-22-15(21)7-6-14-18-10-4-2-3-5-11(10)23-14/h2-7H,8-9H2,1H3,(H,16,19)(H,17,20)/b7-6+. The predicted octanol–water partition coefficient (Wildman–Crippen LogP) is 0.246. The largest absolute Gasteiger partial charge is 0.452 e. The van der Waals surface area contributed by atoms with Gasteiger partial charge < -0.3 is 19.8 Å². The summed E-state index contributed by atoms with van der Waals surface area (Å²) in [6.45, 7) is -0.653. The molecule has 120 valence electrons. The van der Waals surface area contributed by atoms with Gasteiger partial charge in [0, 0.05) is 19.2 Å². The van der Waals surface area contributed by atoms with Crippen LogP contribution in [0.4, 0.5) is 0 Å². The van der Waals surface area contributed by atoms with Crippen LogP contribution in [0.2, 0.25) is 0 Å². The van der Waals surface area contributed by atoms with Crippen molar-refractivity contribution in [1.82, 2.24) is 15.6 Å². The normalized spacial score (nSPS) is 10.7. The number of fused-ring (bicyclic) bond motifs is 1. The number of likely N-dealkylation sites (N-methyl/N-ethyl adjacent to an activating group) is 1. The Morgan fingerprint density at radius 3 is 2.78 bits per heavy atom. The molecule has 0 fully saturated rings. The highest BCUT2D eigenvalue weighted by molar-refractivity contribution is 5.90. The summed E-state index contributed by atoms with van der Waals surface area (Å²) in [6, 6.07) is 7.18. The molecule has 2 N–H and O–H groups in total. The van der Waals surface area contributed by atoms with Crippen LogP contribution in [0.3, 0.4) is 0 Å². The maximum Gasteiger partial charge on any atom is 0.331 e. The van der Waals surface area contributed by atoms with Gasteiger partial charge in [0.25, 0.3) is 5.91 Å². The Morgan fingerprint density at radius 2 is 2.04 bits per heavy atom. The number of hydrogen-bond acceptors (Lipinski definition) is 6. The van der Waals surface area contributed by atoms with Crippen molar-refractivity contribution in [3.63, 3.8) is 0 Å². The van der Waals surface area contributed by atoms with Crippen LogP contribution in [0.25, 0.3) is 17.2 Å². The quantitative estimate of drug-likeness (QED) is 0.583. The van der Waals surface area contributed by atoms with Crippen molar-refractivity contribution < 1.29 is 23.5 Å². The number of hydrogen-bond donors (Lipinski definition) is 2. The average molecular weight is 317 g/mol. The number of nitrogens with one attached hydrogen (secondary N) is 2. The molecule has 0 spiro atoms. The van der Waals surface area contributed by atoms with Crippen molar-refractivity contribution in [2.24, 2.45) is 0 Å². The van der Waals surface area contributed by atoms with E-state index in [9.17, 15) is 14.4 Å². The fraction of sp³-hybridized carbons (Fsp3) is 0.200. The number of carbonyl (C=O) groups is 3. The average Bonchev–Trinajstić information content (AvgIpc) is 2.98. The molecule has 0 aliphatic heterocycles. The summed E-state index contributed by atoms with van der Waals surface area (Å²) < 4.78 is 10.1. The second kappa shape index (κ2) is 7.74. The second-order valence-electron chi connectivity index (χ2n) is 4.41. The van der Waals surface area contributed by atoms with E-state index in [-0.39, 0.29) is 18.3 Å². The van der Waals surface area contributed by atoms with E-state index >= 15 is 0 Å². The lowest BCUT2D eigenvalue weighted by Gasteiger charge is -2.04. The molecule has 1 aromatic heterocycles. The van der Waals surface area contributed by atoms with Crippen molar-refractivity contribution in [2.45, 2.75) is 0 Å². The monoisotopic (exact) mass is 317 g/mol. The van der Waals surface area contributed by atoms with E-state index in [1.807, 2.05) is 12.1 Å². The number of para-hydroxylation sites is 2. The number of carbonyl (C=O) groups excluding carboxylic acids is 3. The Balaban J connectivity index is 1.80. The Hall–Kier alpha value is -3.16. The van der Waals surface area contributed by atoms with E-state index in [1.165, 1.54) is 13.1 Å². The summed E-state index contributed by atoms with van der Waals surface area (Å²) in [4.78, 5) is 37.9. The molecule has 2 aromatic rings. The van der Waals surface area contributed by atoms with Crippen molar-refractivity contribution in [2.75, 3.05) is 20.2 Å². The zero-order valence-electron chi connectivity index (χ0n) is 12.4. The lowest BCUT2D eigenvalue weighted by Crippen LogP contribution is -2.37. The summed E-state index contributed by atoms with van der Waals surface area (Å²) in [5, 5.41) is 4.64. The molecule has 0 aliphatic rings. The first-order valence-electron chi connectivity index (χ1n) is 6.76. The number of oxazole rings is 1. The first kappa shape index (κ1) is 16.2. The molecule has 1 aromatic carbocycles. The lowest BCUT2D eigenvalue weighted by atomic mass is 10.3. The number of ether oxygens (including phenoxy) is 1. The van der Waals surface area contributed by atoms with Gasteiger partial charge >= 0.3 is 5.97 Å². The molecule has 23 heavy (non-hydrogen) atoms. The molecule has 0 aliphatic carbocycles. The number of benzene rings is 1. The van der Waals surface area contributed by atoms with E-state index in [2.05, 4.69) is 15.6 Å². The smallest absolute Gasteiger partial charge is 0.331 e. The van der Waals surface area contributed by atoms with Gasteiger partial charge in [0.05, 0.1) is 6.54 Å². The van der Waals surface area contributed by atoms with Crippen molar-refractivity contribution in [3.05, 3.63) is 36.2 Å². The van der Waals surface area contributed by atoms with Crippen LogP contribution in [0.1, 0.15) is 5.89 Å². The van der Waals surface area contributed by atoms with Crippen LogP contribution in [0.15, 0.2) is 34.8 Å². The Kier molecular flexibility index (Phi) is 5.45. The third kappa shape index (κ3) is 4.95. The number of esters is 1. The molecule has 0 unspecified atom stereocenters. The minimum Gasteiger partial charge on any atom is -0.452 e. The molecule has 8 nitrogen and oxygen atoms in total. The van der Waals surface area contributed by atoms with E-state index in [4.69, 9.17) is 9.15 Å². The van der Waals surface area contributed by atoms with Crippen LogP contribution in [-0.4, -0.2) is 43.0 Å². The van der Waals surface area contributed by atoms with Crippen molar-refractivity contribution in [1.29, 1.82) is 0 Å².